The summed E-state index contributed by atoms with van der Waals surface area (Å²) in [5.74, 6) is 0.856. The highest BCUT2D eigenvalue weighted by Gasteiger charge is 2.14. The van der Waals surface area contributed by atoms with Gasteiger partial charge in [0.25, 0.3) is 0 Å². The summed E-state index contributed by atoms with van der Waals surface area (Å²) in [6.07, 6.45) is 7.22. The van der Waals surface area contributed by atoms with Crippen LogP contribution in [0.3, 0.4) is 0 Å². The molecule has 0 saturated carbocycles. The van der Waals surface area contributed by atoms with Crippen LogP contribution in [-0.4, -0.2) is 22.9 Å². The van der Waals surface area contributed by atoms with E-state index in [9.17, 15) is 0 Å². The highest BCUT2D eigenvalue weighted by Crippen LogP contribution is 2.21. The van der Waals surface area contributed by atoms with Crippen LogP contribution in [0.1, 0.15) is 40.0 Å². The zero-order chi connectivity index (χ0) is 12.7. The fourth-order valence-corrected chi connectivity index (χ4v) is 1.69. The second kappa shape index (κ2) is 6.64. The van der Waals surface area contributed by atoms with Crippen molar-refractivity contribution in [2.45, 2.75) is 46.6 Å². The lowest BCUT2D eigenvalue weighted by atomic mass is 9.87. The van der Waals surface area contributed by atoms with E-state index in [1.807, 2.05) is 17.8 Å². The minimum absolute atomic E-state index is 0.264. The van der Waals surface area contributed by atoms with Crippen molar-refractivity contribution in [2.24, 2.45) is 11.1 Å². The topological polar surface area (TPSA) is 53.1 Å². The third-order valence-electron chi connectivity index (χ3n) is 2.96. The maximum Gasteiger partial charge on any atom is 0.157 e. The number of unbranched alkanes of at least 4 members (excludes halogenated alkanes) is 1. The number of rotatable bonds is 8. The quantitative estimate of drug-likeness (QED) is 0.709. The first-order chi connectivity index (χ1) is 8.07. The molecule has 98 valence electrons. The molecular formula is C13H25N3O. The molecule has 4 heteroatoms. The van der Waals surface area contributed by atoms with Crippen molar-refractivity contribution in [3.63, 3.8) is 0 Å². The zero-order valence-electron chi connectivity index (χ0n) is 11.3. The Bertz CT molecular complexity index is 320. The molecule has 0 bridgehead atoms. The third kappa shape index (κ3) is 5.22. The van der Waals surface area contributed by atoms with Crippen LogP contribution in [0, 0.1) is 5.41 Å². The van der Waals surface area contributed by atoms with Gasteiger partial charge < -0.3 is 10.5 Å². The van der Waals surface area contributed by atoms with Crippen molar-refractivity contribution in [3.8, 4) is 5.75 Å². The minimum atomic E-state index is 0.264. The van der Waals surface area contributed by atoms with Gasteiger partial charge in [-0.15, -0.1) is 0 Å². The largest absolute Gasteiger partial charge is 0.491 e. The van der Waals surface area contributed by atoms with E-state index in [-0.39, 0.29) is 5.41 Å². The molecule has 0 amide bonds. The summed E-state index contributed by atoms with van der Waals surface area (Å²) >= 11 is 0. The van der Waals surface area contributed by atoms with Crippen LogP contribution in [0.2, 0.25) is 0 Å². The number of hydrogen-bond donors (Lipinski definition) is 1. The lowest BCUT2D eigenvalue weighted by Crippen LogP contribution is -2.23. The first-order valence-corrected chi connectivity index (χ1v) is 6.43. The van der Waals surface area contributed by atoms with Crippen molar-refractivity contribution in [2.75, 3.05) is 13.2 Å². The number of nitrogens with two attached hydrogens (primary N) is 1. The molecule has 0 aliphatic rings. The summed E-state index contributed by atoms with van der Waals surface area (Å²) in [6.45, 7) is 8.81. The van der Waals surface area contributed by atoms with Crippen LogP contribution in [-0.2, 0) is 6.54 Å². The number of ether oxygens (including phenoxy) is 1. The average Bonchev–Trinajstić information content (AvgIpc) is 2.73. The molecule has 0 fully saturated rings. The summed E-state index contributed by atoms with van der Waals surface area (Å²) in [5.41, 5.74) is 5.97. The Morgan fingerprint density at radius 3 is 2.82 bits per heavy atom. The Morgan fingerprint density at radius 1 is 1.41 bits per heavy atom. The van der Waals surface area contributed by atoms with Gasteiger partial charge in [0, 0.05) is 6.54 Å². The molecule has 0 unspecified atom stereocenters. The van der Waals surface area contributed by atoms with Crippen LogP contribution in [0.15, 0.2) is 12.4 Å². The zero-order valence-corrected chi connectivity index (χ0v) is 11.3. The molecule has 0 aliphatic heterocycles. The van der Waals surface area contributed by atoms with Crippen LogP contribution in [0.25, 0.3) is 0 Å². The monoisotopic (exact) mass is 239 g/mol. The number of nitrogens with zero attached hydrogens (tertiary/aromatic N) is 2. The Balaban J connectivity index is 2.22. The van der Waals surface area contributed by atoms with Crippen LogP contribution in [0.4, 0.5) is 0 Å². The van der Waals surface area contributed by atoms with Crippen LogP contribution in [0.5, 0.6) is 5.75 Å². The van der Waals surface area contributed by atoms with E-state index in [1.54, 1.807) is 6.20 Å². The number of aromatic nitrogens is 2. The molecule has 0 atom stereocenters. The van der Waals surface area contributed by atoms with E-state index in [1.165, 1.54) is 12.8 Å². The molecule has 0 aromatic carbocycles. The second-order valence-corrected chi connectivity index (χ2v) is 5.20. The first kappa shape index (κ1) is 14.0. The normalized spacial score (nSPS) is 11.8. The van der Waals surface area contributed by atoms with Gasteiger partial charge in [-0.05, 0) is 31.7 Å². The maximum absolute atomic E-state index is 5.70. The highest BCUT2D eigenvalue weighted by atomic mass is 16.5. The van der Waals surface area contributed by atoms with Gasteiger partial charge in [0.2, 0.25) is 0 Å². The number of hydrogen-bond acceptors (Lipinski definition) is 3. The predicted molar refractivity (Wildman–Crippen MR) is 70.1 cm³/mol. The van der Waals surface area contributed by atoms with Gasteiger partial charge in [0.1, 0.15) is 0 Å². The molecule has 1 heterocycles. The van der Waals surface area contributed by atoms with Crippen LogP contribution >= 0.6 is 0 Å². The van der Waals surface area contributed by atoms with Crippen molar-refractivity contribution < 1.29 is 4.74 Å². The van der Waals surface area contributed by atoms with E-state index >= 15 is 0 Å². The van der Waals surface area contributed by atoms with Gasteiger partial charge >= 0.3 is 0 Å². The second-order valence-electron chi connectivity index (χ2n) is 5.20. The van der Waals surface area contributed by atoms with Gasteiger partial charge in [-0.25, -0.2) is 0 Å². The standard InChI is InChI=1S/C13H25N3O/c1-4-17-12-9-15-16(10-12)8-6-5-7-13(2,3)11-14/h9-10H,4-8,11,14H2,1-3H3. The van der Waals surface area contributed by atoms with Crippen molar-refractivity contribution >= 4 is 0 Å². The van der Waals surface area contributed by atoms with Crippen molar-refractivity contribution in [3.05, 3.63) is 12.4 Å². The van der Waals surface area contributed by atoms with Gasteiger partial charge in [-0.3, -0.25) is 4.68 Å². The fourth-order valence-electron chi connectivity index (χ4n) is 1.69. The molecule has 4 nitrogen and oxygen atoms in total. The van der Waals surface area contributed by atoms with Gasteiger partial charge in [0.15, 0.2) is 5.75 Å². The fraction of sp³-hybridized carbons (Fsp3) is 0.769. The summed E-state index contributed by atoms with van der Waals surface area (Å²) in [4.78, 5) is 0. The SMILES string of the molecule is CCOc1cnn(CCCCC(C)(C)CN)c1. The summed E-state index contributed by atoms with van der Waals surface area (Å²) < 4.78 is 7.31. The lowest BCUT2D eigenvalue weighted by Gasteiger charge is -2.21. The smallest absolute Gasteiger partial charge is 0.157 e. The predicted octanol–water partition coefficient (Wildman–Crippen LogP) is 2.44. The van der Waals surface area contributed by atoms with Crippen molar-refractivity contribution in [1.82, 2.24) is 9.78 Å². The molecule has 0 radical (unpaired) electrons. The molecular weight excluding hydrogens is 214 g/mol. The Hall–Kier alpha value is -1.03. The van der Waals surface area contributed by atoms with Gasteiger partial charge in [0.05, 0.1) is 19.0 Å². The molecule has 0 saturated heterocycles. The van der Waals surface area contributed by atoms with E-state index in [2.05, 4.69) is 18.9 Å². The summed E-state index contributed by atoms with van der Waals surface area (Å²) in [6, 6.07) is 0. The summed E-state index contributed by atoms with van der Waals surface area (Å²) in [5, 5.41) is 4.26. The third-order valence-corrected chi connectivity index (χ3v) is 2.96. The lowest BCUT2D eigenvalue weighted by molar-refractivity contribution is 0.326. The molecule has 2 N–H and O–H groups in total. The minimum Gasteiger partial charge on any atom is -0.491 e. The molecule has 0 spiro atoms. The molecule has 0 aliphatic carbocycles. The van der Waals surface area contributed by atoms with Gasteiger partial charge in [-0.1, -0.05) is 20.3 Å². The number of aryl methyl sites for hydroxylation is 1. The Kier molecular flexibility index (Phi) is 5.48. The van der Waals surface area contributed by atoms with E-state index in [4.69, 9.17) is 10.5 Å². The highest BCUT2D eigenvalue weighted by molar-refractivity contribution is 5.11. The Labute approximate surface area is 104 Å². The Morgan fingerprint density at radius 2 is 2.18 bits per heavy atom. The van der Waals surface area contributed by atoms with Crippen molar-refractivity contribution in [1.29, 1.82) is 0 Å². The maximum atomic E-state index is 5.70. The van der Waals surface area contributed by atoms with E-state index in [0.29, 0.717) is 6.61 Å². The molecule has 17 heavy (non-hydrogen) atoms. The molecule has 1 aromatic rings. The van der Waals surface area contributed by atoms with Gasteiger partial charge in [-0.2, -0.15) is 5.10 Å². The van der Waals surface area contributed by atoms with E-state index < -0.39 is 0 Å². The molecule has 1 aromatic heterocycles. The van der Waals surface area contributed by atoms with E-state index in [0.717, 1.165) is 25.3 Å². The molecule has 1 rings (SSSR count). The van der Waals surface area contributed by atoms with Crippen LogP contribution < -0.4 is 10.5 Å². The average molecular weight is 239 g/mol. The summed E-state index contributed by atoms with van der Waals surface area (Å²) in [7, 11) is 0. The first-order valence-electron chi connectivity index (χ1n) is 6.43.